The van der Waals surface area contributed by atoms with Crippen LogP contribution in [-0.2, 0) is 0 Å². The fourth-order valence-corrected chi connectivity index (χ4v) is 1.13. The minimum atomic E-state index is -0.273. The summed E-state index contributed by atoms with van der Waals surface area (Å²) in [4.78, 5) is 30.8. The molecule has 1 aromatic heterocycles. The summed E-state index contributed by atoms with van der Waals surface area (Å²) in [6.07, 6.45) is 0. The van der Waals surface area contributed by atoms with E-state index in [2.05, 4.69) is 15.4 Å². The summed E-state index contributed by atoms with van der Waals surface area (Å²) >= 11 is 0. The zero-order valence-electron chi connectivity index (χ0n) is 7.98. The molecule has 1 aromatic carbocycles. The zero-order chi connectivity index (χ0) is 11.3. The fraction of sp³-hybridized carbons (Fsp3) is 0.111. The molecule has 0 spiro atoms. The second-order valence-corrected chi connectivity index (χ2v) is 2.64. The van der Waals surface area contributed by atoms with Crippen LogP contribution in [0.25, 0.3) is 10.8 Å². The van der Waals surface area contributed by atoms with Gasteiger partial charge >= 0.3 is 0 Å². The smallest absolute Gasteiger partial charge is 0.267 e. The van der Waals surface area contributed by atoms with Gasteiger partial charge in [-0.05, 0) is 12.1 Å². The lowest BCUT2D eigenvalue weighted by Crippen LogP contribution is -2.18. The van der Waals surface area contributed by atoms with Crippen LogP contribution in [0.4, 0.5) is 0 Å². The molecular formula is C9H9N3O3. The van der Waals surface area contributed by atoms with Crippen LogP contribution in [0, 0.1) is 4.91 Å². The molecule has 0 radical (unpaired) electrons. The highest BCUT2D eigenvalue weighted by Gasteiger charge is 1.98. The van der Waals surface area contributed by atoms with E-state index in [0.29, 0.717) is 10.8 Å². The number of nitrogens with one attached hydrogen (secondary N) is 2. The standard InChI is InChI=1S/C8H6N2O2.CH3NO/c11-7-5-3-1-2-4-6(5)8(12)10-9-7;1-2-3/h1-4H,(H,9,11)(H,10,12);1H3. The summed E-state index contributed by atoms with van der Waals surface area (Å²) in [6.45, 7) is 0. The number of fused-ring (bicyclic) bond motifs is 1. The molecular weight excluding hydrogens is 198 g/mol. The van der Waals surface area contributed by atoms with Crippen molar-refractivity contribution < 1.29 is 0 Å². The lowest BCUT2D eigenvalue weighted by molar-refractivity contribution is 0.976. The Labute approximate surface area is 83.9 Å². The monoisotopic (exact) mass is 207 g/mol. The van der Waals surface area contributed by atoms with Gasteiger partial charge in [0, 0.05) is 0 Å². The van der Waals surface area contributed by atoms with Crippen molar-refractivity contribution in [2.24, 2.45) is 5.18 Å². The molecule has 15 heavy (non-hydrogen) atoms. The maximum absolute atomic E-state index is 11.1. The predicted octanol–water partition coefficient (Wildman–Crippen LogP) is 0.599. The zero-order valence-corrected chi connectivity index (χ0v) is 7.98. The third-order valence-corrected chi connectivity index (χ3v) is 1.71. The van der Waals surface area contributed by atoms with Crippen molar-refractivity contribution in [1.82, 2.24) is 10.2 Å². The Morgan fingerprint density at radius 1 is 1.00 bits per heavy atom. The van der Waals surface area contributed by atoms with E-state index in [1.165, 1.54) is 7.05 Å². The van der Waals surface area contributed by atoms with E-state index in [1.807, 2.05) is 0 Å². The topological polar surface area (TPSA) is 95.2 Å². The van der Waals surface area contributed by atoms with Gasteiger partial charge in [-0.3, -0.25) is 19.8 Å². The maximum atomic E-state index is 11.1. The molecule has 0 fully saturated rings. The van der Waals surface area contributed by atoms with Crippen LogP contribution >= 0.6 is 0 Å². The van der Waals surface area contributed by atoms with Crippen LogP contribution in [0.5, 0.6) is 0 Å². The molecule has 0 amide bonds. The Bertz CT molecular complexity index is 522. The van der Waals surface area contributed by atoms with E-state index in [9.17, 15) is 9.59 Å². The summed E-state index contributed by atoms with van der Waals surface area (Å²) in [5.41, 5.74) is -0.546. The Balaban J connectivity index is 0.000000337. The van der Waals surface area contributed by atoms with Crippen molar-refractivity contribution in [3.63, 3.8) is 0 Å². The second-order valence-electron chi connectivity index (χ2n) is 2.64. The number of benzene rings is 1. The van der Waals surface area contributed by atoms with Gasteiger partial charge in [0.2, 0.25) is 0 Å². The van der Waals surface area contributed by atoms with Gasteiger partial charge in [-0.1, -0.05) is 17.3 Å². The second kappa shape index (κ2) is 4.85. The molecule has 0 saturated carbocycles. The number of aromatic nitrogens is 2. The van der Waals surface area contributed by atoms with Gasteiger partial charge in [0.15, 0.2) is 0 Å². The maximum Gasteiger partial charge on any atom is 0.270 e. The molecule has 2 aromatic rings. The van der Waals surface area contributed by atoms with Crippen molar-refractivity contribution in [3.8, 4) is 0 Å². The molecule has 0 saturated heterocycles. The number of hydrogen-bond acceptors (Lipinski definition) is 4. The first-order valence-corrected chi connectivity index (χ1v) is 4.12. The van der Waals surface area contributed by atoms with Crippen LogP contribution in [0.15, 0.2) is 39.0 Å². The van der Waals surface area contributed by atoms with E-state index < -0.39 is 0 Å². The third-order valence-electron chi connectivity index (χ3n) is 1.71. The Morgan fingerprint density at radius 2 is 1.33 bits per heavy atom. The Morgan fingerprint density at radius 3 is 1.67 bits per heavy atom. The fourth-order valence-electron chi connectivity index (χ4n) is 1.13. The largest absolute Gasteiger partial charge is 0.270 e. The van der Waals surface area contributed by atoms with Gasteiger partial charge in [0.25, 0.3) is 11.1 Å². The minimum Gasteiger partial charge on any atom is -0.267 e. The van der Waals surface area contributed by atoms with Crippen molar-refractivity contribution >= 4 is 10.8 Å². The van der Waals surface area contributed by atoms with Gasteiger partial charge in [-0.15, -0.1) is 0 Å². The molecule has 78 valence electrons. The van der Waals surface area contributed by atoms with Crippen LogP contribution < -0.4 is 11.1 Å². The summed E-state index contributed by atoms with van der Waals surface area (Å²) in [5.74, 6) is 0. The predicted molar refractivity (Wildman–Crippen MR) is 56.9 cm³/mol. The van der Waals surface area contributed by atoms with Crippen LogP contribution in [0.3, 0.4) is 0 Å². The number of nitrogens with zero attached hydrogens (tertiary/aromatic N) is 1. The summed E-state index contributed by atoms with van der Waals surface area (Å²) in [7, 11) is 1.19. The lowest BCUT2D eigenvalue weighted by atomic mass is 10.2. The quantitative estimate of drug-likeness (QED) is 0.619. The summed E-state index contributed by atoms with van der Waals surface area (Å²) in [6, 6.07) is 6.67. The highest BCUT2D eigenvalue weighted by atomic mass is 16.2. The highest BCUT2D eigenvalue weighted by molar-refractivity contribution is 5.79. The van der Waals surface area contributed by atoms with Crippen LogP contribution in [0.2, 0.25) is 0 Å². The molecule has 2 rings (SSSR count). The van der Waals surface area contributed by atoms with E-state index >= 15 is 0 Å². The molecule has 0 aliphatic heterocycles. The molecule has 2 N–H and O–H groups in total. The van der Waals surface area contributed by atoms with E-state index in [1.54, 1.807) is 24.3 Å². The van der Waals surface area contributed by atoms with E-state index in [-0.39, 0.29) is 11.1 Å². The Kier molecular flexibility index (Phi) is 3.50. The minimum absolute atomic E-state index is 0.273. The molecule has 0 unspecified atom stereocenters. The van der Waals surface area contributed by atoms with Gasteiger partial charge in [0.1, 0.15) is 0 Å². The number of nitroso groups, excluding NO2 is 1. The van der Waals surface area contributed by atoms with Gasteiger partial charge in [-0.2, -0.15) is 4.91 Å². The molecule has 6 heteroatoms. The van der Waals surface area contributed by atoms with Gasteiger partial charge in [0.05, 0.1) is 17.8 Å². The molecule has 0 aliphatic rings. The normalized spacial score (nSPS) is 9.13. The first-order valence-electron chi connectivity index (χ1n) is 4.12. The molecule has 6 nitrogen and oxygen atoms in total. The van der Waals surface area contributed by atoms with Crippen molar-refractivity contribution in [2.45, 2.75) is 0 Å². The van der Waals surface area contributed by atoms with Crippen LogP contribution in [-0.4, -0.2) is 17.2 Å². The van der Waals surface area contributed by atoms with Gasteiger partial charge in [-0.25, -0.2) is 0 Å². The van der Waals surface area contributed by atoms with Crippen molar-refractivity contribution in [1.29, 1.82) is 0 Å². The third kappa shape index (κ3) is 2.37. The van der Waals surface area contributed by atoms with Crippen molar-refractivity contribution in [2.75, 3.05) is 7.05 Å². The lowest BCUT2D eigenvalue weighted by Gasteiger charge is -1.92. The number of rotatable bonds is 0. The average Bonchev–Trinajstić information content (AvgIpc) is 2.25. The number of aromatic amines is 2. The van der Waals surface area contributed by atoms with Gasteiger partial charge < -0.3 is 0 Å². The van der Waals surface area contributed by atoms with E-state index in [4.69, 9.17) is 4.91 Å². The SMILES string of the molecule is CN=O.O=c1[nH][nH]c(=O)c2ccccc12. The van der Waals surface area contributed by atoms with E-state index in [0.717, 1.165) is 0 Å². The van der Waals surface area contributed by atoms with Crippen molar-refractivity contribution in [3.05, 3.63) is 49.9 Å². The molecule has 0 aliphatic carbocycles. The highest BCUT2D eigenvalue weighted by Crippen LogP contribution is 2.00. The number of H-pyrrole nitrogens is 2. The summed E-state index contributed by atoms with van der Waals surface area (Å²) in [5, 5.41) is 7.58. The van der Waals surface area contributed by atoms with Crippen LogP contribution in [0.1, 0.15) is 0 Å². The average molecular weight is 207 g/mol. The first-order chi connectivity index (χ1) is 7.20. The molecule has 0 bridgehead atoms. The number of hydrogen-bond donors (Lipinski definition) is 2. The Hall–Kier alpha value is -2.24. The summed E-state index contributed by atoms with van der Waals surface area (Å²) < 4.78 is 0. The first kappa shape index (κ1) is 10.8. The molecule has 1 heterocycles. The molecule has 0 atom stereocenters.